The fourth-order valence-corrected chi connectivity index (χ4v) is 6.70. The number of halogens is 3. The minimum Gasteiger partial charge on any atom is -0.490 e. The highest BCUT2D eigenvalue weighted by molar-refractivity contribution is 7.90. The van der Waals surface area contributed by atoms with E-state index < -0.39 is 33.5 Å². The number of hydrogen-bond acceptors (Lipinski definition) is 6. The first-order chi connectivity index (χ1) is 18.4. The van der Waals surface area contributed by atoms with Gasteiger partial charge in [0.2, 0.25) is 10.0 Å². The van der Waals surface area contributed by atoms with E-state index in [2.05, 4.69) is 0 Å². The van der Waals surface area contributed by atoms with E-state index in [9.17, 15) is 31.5 Å². The molecule has 0 saturated heterocycles. The van der Waals surface area contributed by atoms with Gasteiger partial charge in [0.1, 0.15) is 17.2 Å². The maximum atomic E-state index is 13.6. The van der Waals surface area contributed by atoms with Crippen LogP contribution >= 0.6 is 11.3 Å². The molecule has 12 heteroatoms. The smallest absolute Gasteiger partial charge is 0.416 e. The maximum Gasteiger partial charge on any atom is 0.416 e. The van der Waals surface area contributed by atoms with E-state index in [-0.39, 0.29) is 27.9 Å². The third kappa shape index (κ3) is 5.52. The van der Waals surface area contributed by atoms with Crippen molar-refractivity contribution in [1.29, 1.82) is 0 Å². The van der Waals surface area contributed by atoms with Crippen LogP contribution in [-0.2, 0) is 22.6 Å². The molecule has 204 valence electrons. The molecule has 0 unspecified atom stereocenters. The fourth-order valence-electron chi connectivity index (χ4n) is 4.52. The van der Waals surface area contributed by atoms with Gasteiger partial charge in [-0.2, -0.15) is 13.2 Å². The molecule has 0 saturated carbocycles. The minimum absolute atomic E-state index is 0.0277. The Hall–Kier alpha value is -3.77. The molecule has 2 aromatic carbocycles. The molecule has 1 aliphatic heterocycles. The summed E-state index contributed by atoms with van der Waals surface area (Å²) in [7, 11) is -2.11. The highest BCUT2D eigenvalue weighted by Crippen LogP contribution is 2.34. The average Bonchev–Trinajstić information content (AvgIpc) is 3.48. The van der Waals surface area contributed by atoms with Crippen molar-refractivity contribution in [3.8, 4) is 5.75 Å². The molecule has 7 nitrogen and oxygen atoms in total. The lowest BCUT2D eigenvalue weighted by atomic mass is 10.1. The summed E-state index contributed by atoms with van der Waals surface area (Å²) in [6.07, 6.45) is -1.39. The Balaban J connectivity index is 1.50. The van der Waals surface area contributed by atoms with Gasteiger partial charge in [0.25, 0.3) is 0 Å². The van der Waals surface area contributed by atoms with E-state index in [0.29, 0.717) is 12.2 Å². The van der Waals surface area contributed by atoms with Gasteiger partial charge in [0.15, 0.2) is 0 Å². The molecule has 1 aliphatic rings. The second kappa shape index (κ2) is 10.1. The molecule has 0 radical (unpaired) electrons. The molecule has 0 spiro atoms. The van der Waals surface area contributed by atoms with Gasteiger partial charge in [0, 0.05) is 24.5 Å². The van der Waals surface area contributed by atoms with Crippen LogP contribution in [0.4, 0.5) is 18.9 Å². The van der Waals surface area contributed by atoms with Gasteiger partial charge in [-0.3, -0.25) is 0 Å². The zero-order chi connectivity index (χ0) is 27.9. The molecular weight excluding hydrogens is 553 g/mol. The predicted octanol–water partition coefficient (Wildman–Crippen LogP) is 5.73. The van der Waals surface area contributed by atoms with Gasteiger partial charge in [-0.1, -0.05) is 18.2 Å². The molecule has 2 aromatic heterocycles. The van der Waals surface area contributed by atoms with E-state index in [1.54, 1.807) is 11.5 Å². The zero-order valence-corrected chi connectivity index (χ0v) is 22.2. The molecule has 0 bridgehead atoms. The fraction of sp³-hybridized carbons (Fsp3) is 0.222. The van der Waals surface area contributed by atoms with Crippen LogP contribution in [0.15, 0.2) is 60.0 Å². The highest BCUT2D eigenvalue weighted by atomic mass is 32.2. The second-order valence-electron chi connectivity index (χ2n) is 9.15. The van der Waals surface area contributed by atoms with E-state index in [4.69, 9.17) is 4.74 Å². The van der Waals surface area contributed by atoms with E-state index in [0.717, 1.165) is 57.1 Å². The topological polar surface area (TPSA) is 88.8 Å². The van der Waals surface area contributed by atoms with Gasteiger partial charge in [-0.15, -0.1) is 11.3 Å². The number of aromatic carboxylic acids is 1. The number of carboxylic acid groups (broad SMARTS) is 1. The van der Waals surface area contributed by atoms with Crippen LogP contribution in [0.2, 0.25) is 0 Å². The Bertz CT molecular complexity index is 1700. The lowest BCUT2D eigenvalue weighted by Gasteiger charge is -2.27. The Kier molecular flexibility index (Phi) is 6.93. The Morgan fingerprint density at radius 3 is 2.67 bits per heavy atom. The van der Waals surface area contributed by atoms with Crippen molar-refractivity contribution in [1.82, 2.24) is 3.97 Å². The Morgan fingerprint density at radius 1 is 1.15 bits per heavy atom. The monoisotopic (exact) mass is 576 g/mol. The molecule has 3 heterocycles. The van der Waals surface area contributed by atoms with Crippen LogP contribution in [-0.4, -0.2) is 49.4 Å². The first kappa shape index (κ1) is 26.8. The number of alkyl halides is 3. The molecule has 0 fully saturated rings. The van der Waals surface area contributed by atoms with Gasteiger partial charge in [0.05, 0.1) is 29.1 Å². The number of anilines is 1. The molecule has 1 N–H and O–H groups in total. The van der Waals surface area contributed by atoms with Gasteiger partial charge in [-0.05, 0) is 59.0 Å². The first-order valence-electron chi connectivity index (χ1n) is 11.8. The number of benzene rings is 2. The second-order valence-corrected chi connectivity index (χ2v) is 11.9. The van der Waals surface area contributed by atoms with Crippen molar-refractivity contribution < 1.29 is 36.2 Å². The highest BCUT2D eigenvalue weighted by Gasteiger charge is 2.31. The predicted molar refractivity (Wildman–Crippen MR) is 144 cm³/mol. The summed E-state index contributed by atoms with van der Waals surface area (Å²) < 4.78 is 73.8. The standard InChI is InChI=1S/C27H23F3N2O5S2/c1-31-8-9-37-24-7-4-17(12-23(24)31)3-2-10-39(35,36)32-21(11-18-13-25(26(33)34)38-16-18)15-19-14-20(27(28,29)30)5-6-22(19)32/h2-7,12-16H,8-11H2,1H3,(H,33,34). The zero-order valence-electron chi connectivity index (χ0n) is 20.6. The van der Waals surface area contributed by atoms with Crippen molar-refractivity contribution in [2.45, 2.75) is 12.6 Å². The van der Waals surface area contributed by atoms with E-state index >= 15 is 0 Å². The average molecular weight is 577 g/mol. The van der Waals surface area contributed by atoms with Crippen molar-refractivity contribution in [3.05, 3.63) is 87.2 Å². The normalized spacial score (nSPS) is 14.1. The summed E-state index contributed by atoms with van der Waals surface area (Å²) in [6.45, 7) is 1.31. The summed E-state index contributed by atoms with van der Waals surface area (Å²) in [6, 6.07) is 11.3. The lowest BCUT2D eigenvalue weighted by molar-refractivity contribution is -0.137. The number of carboxylic acids is 1. The van der Waals surface area contributed by atoms with Gasteiger partial charge < -0.3 is 14.7 Å². The van der Waals surface area contributed by atoms with Crippen LogP contribution in [0, 0.1) is 0 Å². The van der Waals surface area contributed by atoms with Crippen molar-refractivity contribution in [2.75, 3.05) is 30.9 Å². The van der Waals surface area contributed by atoms with Crippen molar-refractivity contribution in [2.24, 2.45) is 0 Å². The summed E-state index contributed by atoms with van der Waals surface area (Å²) in [5.74, 6) is -0.771. The van der Waals surface area contributed by atoms with Crippen molar-refractivity contribution in [3.63, 3.8) is 0 Å². The molecule has 5 rings (SSSR count). The van der Waals surface area contributed by atoms with Crippen LogP contribution in [0.5, 0.6) is 5.75 Å². The number of rotatable bonds is 7. The quantitative estimate of drug-likeness (QED) is 0.302. The maximum absolute atomic E-state index is 13.6. The number of fused-ring (bicyclic) bond motifs is 2. The molecular formula is C27H23F3N2O5S2. The summed E-state index contributed by atoms with van der Waals surface area (Å²) >= 11 is 0.994. The number of aromatic nitrogens is 1. The minimum atomic E-state index is -4.59. The summed E-state index contributed by atoms with van der Waals surface area (Å²) in [4.78, 5) is 13.4. The van der Waals surface area contributed by atoms with E-state index in [1.807, 2.05) is 30.1 Å². The SMILES string of the molecule is CN1CCOc2ccc(C=CCS(=O)(=O)n3c(Cc4csc(C(=O)O)c4)cc4cc(C(F)(F)F)ccc43)cc21. The third-order valence-electron chi connectivity index (χ3n) is 6.38. The molecule has 0 atom stereocenters. The van der Waals surface area contributed by atoms with Gasteiger partial charge in [-0.25, -0.2) is 17.2 Å². The first-order valence-corrected chi connectivity index (χ1v) is 14.3. The molecule has 39 heavy (non-hydrogen) atoms. The van der Waals surface area contributed by atoms with E-state index in [1.165, 1.54) is 18.2 Å². The number of likely N-dealkylation sites (N-methyl/N-ethyl adjacent to an activating group) is 1. The number of thiophene rings is 1. The lowest BCUT2D eigenvalue weighted by Crippen LogP contribution is -2.28. The molecule has 0 aliphatic carbocycles. The Morgan fingerprint density at radius 2 is 1.95 bits per heavy atom. The van der Waals surface area contributed by atoms with Crippen molar-refractivity contribution >= 4 is 50.0 Å². The number of ether oxygens (including phenoxy) is 1. The summed E-state index contributed by atoms with van der Waals surface area (Å²) in [5.41, 5.74) is 1.67. The van der Waals surface area contributed by atoms with Crippen LogP contribution in [0.25, 0.3) is 17.0 Å². The molecule has 4 aromatic rings. The van der Waals surface area contributed by atoms with Crippen LogP contribution in [0.3, 0.4) is 0 Å². The van der Waals surface area contributed by atoms with Crippen LogP contribution < -0.4 is 9.64 Å². The number of carbonyl (C=O) groups is 1. The Labute approximate surface area is 226 Å². The third-order valence-corrected chi connectivity index (χ3v) is 8.95. The van der Waals surface area contributed by atoms with Gasteiger partial charge >= 0.3 is 12.1 Å². The largest absolute Gasteiger partial charge is 0.490 e. The number of hydrogen-bond donors (Lipinski definition) is 1. The van der Waals surface area contributed by atoms with Crippen LogP contribution in [0.1, 0.15) is 32.1 Å². The number of nitrogens with zero attached hydrogens (tertiary/aromatic N) is 2. The molecule has 0 amide bonds. The summed E-state index contributed by atoms with van der Waals surface area (Å²) in [5, 5.41) is 10.9.